The van der Waals surface area contributed by atoms with E-state index in [2.05, 4.69) is 12.2 Å². The molecule has 0 saturated carbocycles. The lowest BCUT2D eigenvalue weighted by Crippen LogP contribution is -2.27. The lowest BCUT2D eigenvalue weighted by atomic mass is 10.1. The minimum Gasteiger partial charge on any atom is -0.464 e. The van der Waals surface area contributed by atoms with Crippen LogP contribution in [0, 0.1) is 0 Å². The van der Waals surface area contributed by atoms with Gasteiger partial charge < -0.3 is 9.73 Å². The highest BCUT2D eigenvalue weighted by Gasteiger charge is 2.11. The van der Waals surface area contributed by atoms with E-state index in [0.29, 0.717) is 13.0 Å². The Morgan fingerprint density at radius 3 is 2.48 bits per heavy atom. The zero-order chi connectivity index (χ0) is 19.4. The van der Waals surface area contributed by atoms with Crippen molar-refractivity contribution in [3.05, 3.63) is 65.4 Å². The van der Waals surface area contributed by atoms with E-state index in [4.69, 9.17) is 9.56 Å². The third-order valence-corrected chi connectivity index (χ3v) is 5.40. The highest BCUT2D eigenvalue weighted by Crippen LogP contribution is 2.23. The summed E-state index contributed by atoms with van der Waals surface area (Å²) in [5.74, 6) is -0.0848. The second-order valence-corrected chi connectivity index (χ2v) is 7.97. The summed E-state index contributed by atoms with van der Waals surface area (Å²) in [6, 6.07) is 12.4. The first-order chi connectivity index (χ1) is 12.9. The monoisotopic (exact) mass is 386 g/mol. The Bertz CT molecular complexity index is 1050. The Hall–Kier alpha value is -2.64. The molecule has 0 aliphatic heterocycles. The van der Waals surface area contributed by atoms with Crippen molar-refractivity contribution in [3.8, 4) is 0 Å². The molecular weight excluding hydrogens is 364 g/mol. The molecule has 1 amide bonds. The van der Waals surface area contributed by atoms with Gasteiger partial charge in [0.25, 0.3) is 0 Å². The van der Waals surface area contributed by atoms with Crippen LogP contribution in [0.1, 0.15) is 23.6 Å². The number of rotatable bonds is 7. The predicted molar refractivity (Wildman–Crippen MR) is 104 cm³/mol. The van der Waals surface area contributed by atoms with E-state index in [-0.39, 0.29) is 17.2 Å². The van der Waals surface area contributed by atoms with Crippen LogP contribution in [-0.2, 0) is 34.1 Å². The number of nitrogens with one attached hydrogen (secondary N) is 1. The number of amides is 1. The largest absolute Gasteiger partial charge is 0.464 e. The fourth-order valence-corrected chi connectivity index (χ4v) is 3.43. The minimum atomic E-state index is -3.68. The van der Waals surface area contributed by atoms with Crippen LogP contribution in [0.3, 0.4) is 0 Å². The smallest absolute Gasteiger partial charge is 0.238 e. The molecule has 1 aromatic heterocycles. The second-order valence-electron chi connectivity index (χ2n) is 6.41. The Balaban J connectivity index is 1.54. The molecule has 0 aliphatic rings. The van der Waals surface area contributed by atoms with Crippen molar-refractivity contribution >= 4 is 26.9 Å². The number of aryl methyl sites for hydroxylation is 1. The first kappa shape index (κ1) is 19.1. The summed E-state index contributed by atoms with van der Waals surface area (Å²) in [6.07, 6.45) is 3.42. The molecule has 0 spiro atoms. The van der Waals surface area contributed by atoms with Gasteiger partial charge in [-0.05, 0) is 42.2 Å². The van der Waals surface area contributed by atoms with Crippen LogP contribution in [-0.4, -0.2) is 20.9 Å². The number of primary sulfonamides is 1. The van der Waals surface area contributed by atoms with E-state index >= 15 is 0 Å². The maximum absolute atomic E-state index is 12.2. The topological polar surface area (TPSA) is 102 Å². The van der Waals surface area contributed by atoms with Gasteiger partial charge in [0, 0.05) is 17.5 Å². The van der Waals surface area contributed by atoms with Gasteiger partial charge in [0.1, 0.15) is 5.58 Å². The van der Waals surface area contributed by atoms with Crippen molar-refractivity contribution in [1.29, 1.82) is 0 Å². The van der Waals surface area contributed by atoms with E-state index in [1.165, 1.54) is 17.7 Å². The van der Waals surface area contributed by atoms with Gasteiger partial charge in [-0.1, -0.05) is 31.2 Å². The number of benzene rings is 2. The van der Waals surface area contributed by atoms with Crippen molar-refractivity contribution < 1.29 is 17.6 Å². The minimum absolute atomic E-state index is 0.0772. The Morgan fingerprint density at radius 1 is 1.11 bits per heavy atom. The first-order valence-electron chi connectivity index (χ1n) is 8.74. The van der Waals surface area contributed by atoms with Crippen LogP contribution < -0.4 is 10.5 Å². The summed E-state index contributed by atoms with van der Waals surface area (Å²) in [5, 5.41) is 8.91. The van der Waals surface area contributed by atoms with Gasteiger partial charge in [0.2, 0.25) is 15.9 Å². The lowest BCUT2D eigenvalue weighted by molar-refractivity contribution is -0.120. The van der Waals surface area contributed by atoms with Crippen LogP contribution in [0.5, 0.6) is 0 Å². The summed E-state index contributed by atoms with van der Waals surface area (Å²) >= 11 is 0. The predicted octanol–water partition coefficient (Wildman–Crippen LogP) is 2.54. The average Bonchev–Trinajstić information content (AvgIpc) is 3.03. The number of carbonyl (C=O) groups excluding carboxylic acids is 1. The third-order valence-electron chi connectivity index (χ3n) is 4.47. The summed E-state index contributed by atoms with van der Waals surface area (Å²) < 4.78 is 28.0. The molecule has 6 nitrogen and oxygen atoms in total. The SMILES string of the molecule is CCc1ccc2c(CC(=O)NCCc3ccc(S(N)(=O)=O)cc3)coc2c1. The molecule has 7 heteroatoms. The molecule has 3 rings (SSSR count). The number of nitrogens with two attached hydrogens (primary N) is 1. The Kier molecular flexibility index (Phi) is 5.62. The molecule has 3 aromatic rings. The molecule has 0 bridgehead atoms. The quantitative estimate of drug-likeness (QED) is 0.651. The number of fused-ring (bicyclic) bond motifs is 1. The van der Waals surface area contributed by atoms with Gasteiger partial charge in [0.05, 0.1) is 17.6 Å². The summed E-state index contributed by atoms with van der Waals surface area (Å²) in [5.41, 5.74) is 3.78. The van der Waals surface area contributed by atoms with Crippen molar-refractivity contribution in [2.45, 2.75) is 31.1 Å². The number of carbonyl (C=O) groups is 1. The Morgan fingerprint density at radius 2 is 1.81 bits per heavy atom. The van der Waals surface area contributed by atoms with Crippen molar-refractivity contribution in [2.75, 3.05) is 6.54 Å². The highest BCUT2D eigenvalue weighted by atomic mass is 32.2. The molecule has 2 aromatic carbocycles. The van der Waals surface area contributed by atoms with E-state index in [1.807, 2.05) is 18.2 Å². The molecule has 0 fully saturated rings. The van der Waals surface area contributed by atoms with Gasteiger partial charge in [0.15, 0.2) is 0 Å². The van der Waals surface area contributed by atoms with Gasteiger partial charge in [-0.3, -0.25) is 4.79 Å². The van der Waals surface area contributed by atoms with Crippen molar-refractivity contribution in [3.63, 3.8) is 0 Å². The van der Waals surface area contributed by atoms with Crippen molar-refractivity contribution in [2.24, 2.45) is 5.14 Å². The van der Waals surface area contributed by atoms with Gasteiger partial charge >= 0.3 is 0 Å². The normalized spacial score (nSPS) is 11.6. The average molecular weight is 386 g/mol. The fourth-order valence-electron chi connectivity index (χ4n) is 2.91. The third kappa shape index (κ3) is 4.75. The van der Waals surface area contributed by atoms with Crippen LogP contribution in [0.25, 0.3) is 11.0 Å². The van der Waals surface area contributed by atoms with E-state index < -0.39 is 10.0 Å². The molecule has 142 valence electrons. The molecule has 0 atom stereocenters. The van der Waals surface area contributed by atoms with Gasteiger partial charge in [-0.2, -0.15) is 0 Å². The second kappa shape index (κ2) is 7.94. The zero-order valence-corrected chi connectivity index (χ0v) is 15.9. The molecule has 0 aliphatic carbocycles. The van der Waals surface area contributed by atoms with Crippen LogP contribution in [0.2, 0.25) is 0 Å². The van der Waals surface area contributed by atoms with E-state index in [0.717, 1.165) is 28.5 Å². The molecule has 0 saturated heterocycles. The molecular formula is C20H22N2O4S. The highest BCUT2D eigenvalue weighted by molar-refractivity contribution is 7.89. The van der Waals surface area contributed by atoms with Gasteiger partial charge in [-0.25, -0.2) is 13.6 Å². The summed E-state index contributed by atoms with van der Waals surface area (Å²) in [7, 11) is -3.68. The van der Waals surface area contributed by atoms with Crippen LogP contribution in [0.15, 0.2) is 58.0 Å². The summed E-state index contributed by atoms with van der Waals surface area (Å²) in [6.45, 7) is 2.55. The molecule has 0 radical (unpaired) electrons. The zero-order valence-electron chi connectivity index (χ0n) is 15.1. The van der Waals surface area contributed by atoms with Crippen molar-refractivity contribution in [1.82, 2.24) is 5.32 Å². The molecule has 1 heterocycles. The first-order valence-corrected chi connectivity index (χ1v) is 10.3. The number of hydrogen-bond donors (Lipinski definition) is 2. The molecule has 3 N–H and O–H groups in total. The number of hydrogen-bond acceptors (Lipinski definition) is 4. The maximum Gasteiger partial charge on any atom is 0.238 e. The number of sulfonamides is 1. The summed E-state index contributed by atoms with van der Waals surface area (Å²) in [4.78, 5) is 12.3. The Labute approximate surface area is 158 Å². The standard InChI is InChI=1S/C20H22N2O4S/c1-2-14-5-8-18-16(13-26-19(18)11-14)12-20(23)22-10-9-15-3-6-17(7-4-15)27(21,24)25/h3-8,11,13H,2,9-10,12H2,1H3,(H,22,23)(H2,21,24,25). The van der Waals surface area contributed by atoms with Gasteiger partial charge in [-0.15, -0.1) is 0 Å². The fraction of sp³-hybridized carbons (Fsp3) is 0.250. The lowest BCUT2D eigenvalue weighted by Gasteiger charge is -2.06. The van der Waals surface area contributed by atoms with Crippen LogP contribution in [0.4, 0.5) is 0 Å². The molecule has 27 heavy (non-hydrogen) atoms. The maximum atomic E-state index is 12.2. The molecule has 0 unspecified atom stereocenters. The number of furan rings is 1. The van der Waals surface area contributed by atoms with Crippen LogP contribution >= 0.6 is 0 Å². The van der Waals surface area contributed by atoms with E-state index in [1.54, 1.807) is 18.4 Å². The van der Waals surface area contributed by atoms with E-state index in [9.17, 15) is 13.2 Å².